The van der Waals surface area contributed by atoms with Gasteiger partial charge in [0.25, 0.3) is 0 Å². The summed E-state index contributed by atoms with van der Waals surface area (Å²) in [6.07, 6.45) is 54.9. The van der Waals surface area contributed by atoms with Gasteiger partial charge < -0.3 is 21.1 Å². The van der Waals surface area contributed by atoms with E-state index in [0.29, 0.717) is 6.42 Å². The highest BCUT2D eigenvalue weighted by atomic mass is 31.2. The van der Waals surface area contributed by atoms with Gasteiger partial charge in [0.15, 0.2) is 0 Å². The largest absolute Gasteiger partial charge is 0.472 e. The molecule has 1 amide bonds. The highest BCUT2D eigenvalue weighted by Crippen LogP contribution is 2.43. The van der Waals surface area contributed by atoms with E-state index in [2.05, 4.69) is 43.5 Å². The Kier molecular flexibility index (Phi) is 44.3. The van der Waals surface area contributed by atoms with Crippen LogP contribution in [0.15, 0.2) is 36.5 Å². The smallest absolute Gasteiger partial charge is 0.387 e. The van der Waals surface area contributed by atoms with Gasteiger partial charge in [0.2, 0.25) is 5.91 Å². The zero-order valence-electron chi connectivity index (χ0n) is 38.0. The van der Waals surface area contributed by atoms with E-state index in [4.69, 9.17) is 14.8 Å². The molecule has 0 saturated carbocycles. The van der Waals surface area contributed by atoms with Gasteiger partial charge in [-0.1, -0.05) is 224 Å². The number of nitrogens with two attached hydrogens (primary N) is 1. The second-order valence-corrected chi connectivity index (χ2v) is 18.1. The van der Waals surface area contributed by atoms with Crippen molar-refractivity contribution in [2.75, 3.05) is 19.8 Å². The molecule has 58 heavy (non-hydrogen) atoms. The summed E-state index contributed by atoms with van der Waals surface area (Å²) in [4.78, 5) is 22.8. The van der Waals surface area contributed by atoms with E-state index in [1.807, 2.05) is 6.08 Å². The summed E-state index contributed by atoms with van der Waals surface area (Å²) < 4.78 is 22.2. The predicted octanol–water partition coefficient (Wildman–Crippen LogP) is 14.3. The third kappa shape index (κ3) is 42.8. The fourth-order valence-electron chi connectivity index (χ4n) is 7.22. The molecular formula is C49H95N2O6P. The molecule has 0 rings (SSSR count). The number of rotatable bonds is 46. The number of carbonyl (C=O) groups excluding carboxylic acids is 1. The first-order valence-electron chi connectivity index (χ1n) is 24.6. The lowest BCUT2D eigenvalue weighted by atomic mass is 10.0. The normalized spacial score (nSPS) is 14.2. The van der Waals surface area contributed by atoms with Crippen LogP contribution in [0, 0.1) is 0 Å². The maximum Gasteiger partial charge on any atom is 0.472 e. The van der Waals surface area contributed by atoms with Gasteiger partial charge in [-0.2, -0.15) is 0 Å². The minimum absolute atomic E-state index is 0.0729. The van der Waals surface area contributed by atoms with Crippen molar-refractivity contribution in [3.05, 3.63) is 36.5 Å². The number of phosphoric ester groups is 1. The minimum atomic E-state index is -4.35. The number of nitrogens with one attached hydrogen (secondary N) is 1. The molecule has 0 fully saturated rings. The molecule has 0 aliphatic carbocycles. The first kappa shape index (κ1) is 56.7. The Morgan fingerprint density at radius 3 is 1.33 bits per heavy atom. The highest BCUT2D eigenvalue weighted by molar-refractivity contribution is 7.47. The van der Waals surface area contributed by atoms with Gasteiger partial charge in [0.1, 0.15) is 0 Å². The van der Waals surface area contributed by atoms with Crippen LogP contribution in [-0.4, -0.2) is 47.8 Å². The SMILES string of the molecule is CCCCCCCCCC/C=C/CC/C=C/CC/C=C/C(O)C(COP(=O)(O)OCCN)NC(=O)CCCCCCCCCCCCCCCCCCCCCCC. The van der Waals surface area contributed by atoms with Crippen LogP contribution in [0.3, 0.4) is 0 Å². The summed E-state index contributed by atoms with van der Waals surface area (Å²) in [6.45, 7) is 4.13. The second kappa shape index (κ2) is 45.3. The Morgan fingerprint density at radius 1 is 0.552 bits per heavy atom. The molecule has 0 aromatic carbocycles. The van der Waals surface area contributed by atoms with E-state index in [0.717, 1.165) is 44.9 Å². The number of carbonyl (C=O) groups is 1. The van der Waals surface area contributed by atoms with Crippen molar-refractivity contribution >= 4 is 13.7 Å². The maximum absolute atomic E-state index is 12.8. The molecule has 0 aliphatic heterocycles. The van der Waals surface area contributed by atoms with Crippen molar-refractivity contribution in [1.82, 2.24) is 5.32 Å². The Balaban J connectivity index is 4.16. The molecular weight excluding hydrogens is 744 g/mol. The van der Waals surface area contributed by atoms with Gasteiger partial charge in [-0.25, -0.2) is 4.57 Å². The summed E-state index contributed by atoms with van der Waals surface area (Å²) in [7, 11) is -4.35. The number of amides is 1. The third-order valence-electron chi connectivity index (χ3n) is 10.9. The molecule has 3 atom stereocenters. The molecule has 8 nitrogen and oxygen atoms in total. The Morgan fingerprint density at radius 2 is 0.914 bits per heavy atom. The van der Waals surface area contributed by atoms with E-state index in [1.165, 1.54) is 173 Å². The zero-order chi connectivity index (χ0) is 42.5. The quantitative estimate of drug-likeness (QED) is 0.0273. The van der Waals surface area contributed by atoms with Crippen molar-refractivity contribution in [3.63, 3.8) is 0 Å². The van der Waals surface area contributed by atoms with Crippen LogP contribution >= 0.6 is 7.82 Å². The predicted molar refractivity (Wildman–Crippen MR) is 249 cm³/mol. The number of hydrogen-bond acceptors (Lipinski definition) is 6. The van der Waals surface area contributed by atoms with Gasteiger partial charge in [-0.05, 0) is 44.9 Å². The molecule has 0 aliphatic rings. The van der Waals surface area contributed by atoms with E-state index in [9.17, 15) is 19.4 Å². The van der Waals surface area contributed by atoms with Crippen LogP contribution in [0.4, 0.5) is 0 Å². The number of hydrogen-bond donors (Lipinski definition) is 4. The van der Waals surface area contributed by atoms with Gasteiger partial charge in [0.05, 0.1) is 25.4 Å². The molecule has 5 N–H and O–H groups in total. The monoisotopic (exact) mass is 839 g/mol. The molecule has 0 radical (unpaired) electrons. The van der Waals surface area contributed by atoms with Crippen LogP contribution in [0.25, 0.3) is 0 Å². The standard InChI is InChI=1S/C49H95N2O6P/c1-3-5-7-9-11-13-15-17-19-21-23-24-25-27-29-31-33-35-37-39-41-43-49(53)51-47(46-57-58(54,55)56-45-44-50)48(52)42-40-38-36-34-32-30-28-26-22-20-18-16-14-12-10-8-6-4-2/h22,26,32,34,40,42,47-48,52H,3-21,23-25,27-31,33,35-39,41,43-46,50H2,1-2H3,(H,51,53)(H,54,55)/b26-22+,34-32+,42-40+. The number of aliphatic hydroxyl groups excluding tert-OH is 1. The number of allylic oxidation sites excluding steroid dienone is 5. The number of unbranched alkanes of at least 4 members (excludes halogenated alkanes) is 30. The third-order valence-corrected chi connectivity index (χ3v) is 11.9. The van der Waals surface area contributed by atoms with Gasteiger partial charge in [0, 0.05) is 13.0 Å². The minimum Gasteiger partial charge on any atom is -0.387 e. The number of aliphatic hydroxyl groups is 1. The molecule has 0 heterocycles. The molecule has 3 unspecified atom stereocenters. The van der Waals surface area contributed by atoms with Crippen LogP contribution < -0.4 is 11.1 Å². The van der Waals surface area contributed by atoms with Gasteiger partial charge in [-0.15, -0.1) is 0 Å². The molecule has 9 heteroatoms. The molecule has 0 aromatic heterocycles. The molecule has 342 valence electrons. The molecule has 0 saturated heterocycles. The van der Waals surface area contributed by atoms with E-state index in [-0.39, 0.29) is 25.7 Å². The van der Waals surface area contributed by atoms with Gasteiger partial charge in [-0.3, -0.25) is 13.8 Å². The highest BCUT2D eigenvalue weighted by Gasteiger charge is 2.26. The lowest BCUT2D eigenvalue weighted by Gasteiger charge is -2.23. The topological polar surface area (TPSA) is 131 Å². The van der Waals surface area contributed by atoms with Crippen LogP contribution in [0.2, 0.25) is 0 Å². The summed E-state index contributed by atoms with van der Waals surface area (Å²) in [5.41, 5.74) is 5.38. The van der Waals surface area contributed by atoms with Crippen molar-refractivity contribution in [3.8, 4) is 0 Å². The first-order chi connectivity index (χ1) is 28.4. The van der Waals surface area contributed by atoms with Gasteiger partial charge >= 0.3 is 7.82 Å². The average Bonchev–Trinajstić information content (AvgIpc) is 3.21. The van der Waals surface area contributed by atoms with Crippen molar-refractivity contribution < 1.29 is 28.4 Å². The van der Waals surface area contributed by atoms with Crippen LogP contribution in [0.5, 0.6) is 0 Å². The Bertz CT molecular complexity index is 1010. The molecule has 0 spiro atoms. The fraction of sp³-hybridized carbons (Fsp3) is 0.857. The maximum atomic E-state index is 12.8. The summed E-state index contributed by atoms with van der Waals surface area (Å²) in [5.74, 6) is -0.204. The Labute approximate surface area is 359 Å². The average molecular weight is 839 g/mol. The summed E-state index contributed by atoms with van der Waals surface area (Å²) in [6, 6.07) is -0.881. The first-order valence-corrected chi connectivity index (χ1v) is 26.1. The van der Waals surface area contributed by atoms with Crippen molar-refractivity contribution in [1.29, 1.82) is 0 Å². The Hall–Kier alpha value is -1.28. The van der Waals surface area contributed by atoms with E-state index < -0.39 is 20.0 Å². The second-order valence-electron chi connectivity index (χ2n) is 16.7. The number of phosphoric acid groups is 1. The van der Waals surface area contributed by atoms with E-state index >= 15 is 0 Å². The van der Waals surface area contributed by atoms with Crippen LogP contribution in [0.1, 0.15) is 239 Å². The molecule has 0 aromatic rings. The zero-order valence-corrected chi connectivity index (χ0v) is 38.9. The van der Waals surface area contributed by atoms with E-state index in [1.54, 1.807) is 6.08 Å². The van der Waals surface area contributed by atoms with Crippen molar-refractivity contribution in [2.45, 2.75) is 251 Å². The summed E-state index contributed by atoms with van der Waals surface area (Å²) in [5, 5.41) is 13.7. The van der Waals surface area contributed by atoms with Crippen LogP contribution in [-0.2, 0) is 18.4 Å². The summed E-state index contributed by atoms with van der Waals surface area (Å²) >= 11 is 0. The molecule has 0 bridgehead atoms. The van der Waals surface area contributed by atoms with Crippen molar-refractivity contribution in [2.24, 2.45) is 5.73 Å². The lowest BCUT2D eigenvalue weighted by molar-refractivity contribution is -0.123. The lowest BCUT2D eigenvalue weighted by Crippen LogP contribution is -2.45. The fourth-order valence-corrected chi connectivity index (χ4v) is 7.98.